The van der Waals surface area contributed by atoms with Crippen LogP contribution < -0.4 is 5.32 Å². The highest BCUT2D eigenvalue weighted by Crippen LogP contribution is 2.35. The minimum atomic E-state index is -0.763. The maximum absolute atomic E-state index is 10.8. The predicted molar refractivity (Wildman–Crippen MR) is 63.2 cm³/mol. The van der Waals surface area contributed by atoms with Crippen LogP contribution in [-0.2, 0) is 0 Å². The second-order valence-electron chi connectivity index (χ2n) is 4.20. The minimum Gasteiger partial charge on any atom is -0.388 e. The number of nitrogens with zero attached hydrogens (tertiary/aromatic N) is 2. The Morgan fingerprint density at radius 2 is 2.29 bits per heavy atom. The van der Waals surface area contributed by atoms with E-state index >= 15 is 0 Å². The van der Waals surface area contributed by atoms with Gasteiger partial charge in [0.2, 0.25) is 0 Å². The summed E-state index contributed by atoms with van der Waals surface area (Å²) in [6, 6.07) is 0. The summed E-state index contributed by atoms with van der Waals surface area (Å²) in [7, 11) is 0. The molecule has 0 atom stereocenters. The molecule has 6 nitrogen and oxygen atoms in total. The van der Waals surface area contributed by atoms with Crippen LogP contribution in [0.4, 0.5) is 11.4 Å². The topological polar surface area (TPSA) is 88.3 Å². The number of hydrogen-bond donors (Lipinski definition) is 2. The van der Waals surface area contributed by atoms with Gasteiger partial charge in [-0.3, -0.25) is 15.1 Å². The zero-order valence-corrected chi connectivity index (χ0v) is 9.78. The fraction of sp³-hybridized carbons (Fsp3) is 0.500. The molecule has 1 fully saturated rings. The molecule has 7 heteroatoms. The SMILES string of the molecule is O=[N+]([O-])c1cncc(Cl)c1NCC1(O)CCC1. The summed E-state index contributed by atoms with van der Waals surface area (Å²) in [5.74, 6) is 0. The van der Waals surface area contributed by atoms with E-state index in [9.17, 15) is 15.2 Å². The number of rotatable bonds is 4. The van der Waals surface area contributed by atoms with Gasteiger partial charge in [-0.1, -0.05) is 11.6 Å². The molecule has 2 N–H and O–H groups in total. The molecule has 2 rings (SSSR count). The molecule has 1 saturated carbocycles. The van der Waals surface area contributed by atoms with Crippen LogP contribution >= 0.6 is 11.6 Å². The Labute approximate surface area is 103 Å². The molecule has 0 amide bonds. The summed E-state index contributed by atoms with van der Waals surface area (Å²) < 4.78 is 0. The van der Waals surface area contributed by atoms with Crippen molar-refractivity contribution in [1.29, 1.82) is 0 Å². The molecule has 0 spiro atoms. The quantitative estimate of drug-likeness (QED) is 0.636. The van der Waals surface area contributed by atoms with Gasteiger partial charge >= 0.3 is 5.69 Å². The van der Waals surface area contributed by atoms with Crippen LogP contribution in [0.25, 0.3) is 0 Å². The van der Waals surface area contributed by atoms with Gasteiger partial charge in [0, 0.05) is 12.7 Å². The maximum atomic E-state index is 10.8. The lowest BCUT2D eigenvalue weighted by Gasteiger charge is -2.36. The molecule has 1 aliphatic rings. The minimum absolute atomic E-state index is 0.180. The van der Waals surface area contributed by atoms with Crippen LogP contribution in [0.15, 0.2) is 12.4 Å². The fourth-order valence-electron chi connectivity index (χ4n) is 1.75. The third-order valence-electron chi connectivity index (χ3n) is 2.95. The molecular weight excluding hydrogens is 246 g/mol. The highest BCUT2D eigenvalue weighted by Gasteiger charge is 2.34. The zero-order chi connectivity index (χ0) is 12.5. The first kappa shape index (κ1) is 12.1. The van der Waals surface area contributed by atoms with Gasteiger partial charge in [-0.25, -0.2) is 0 Å². The maximum Gasteiger partial charge on any atom is 0.311 e. The largest absolute Gasteiger partial charge is 0.388 e. The number of hydrogen-bond acceptors (Lipinski definition) is 5. The van der Waals surface area contributed by atoms with Gasteiger partial charge < -0.3 is 10.4 Å². The van der Waals surface area contributed by atoms with Gasteiger partial charge in [-0.2, -0.15) is 0 Å². The van der Waals surface area contributed by atoms with Crippen molar-refractivity contribution < 1.29 is 10.0 Å². The second-order valence-corrected chi connectivity index (χ2v) is 4.61. The average Bonchev–Trinajstić information content (AvgIpc) is 2.24. The van der Waals surface area contributed by atoms with E-state index in [-0.39, 0.29) is 22.9 Å². The lowest BCUT2D eigenvalue weighted by Crippen LogP contribution is -2.43. The summed E-state index contributed by atoms with van der Waals surface area (Å²) in [6.45, 7) is 0.261. The third-order valence-corrected chi connectivity index (χ3v) is 3.24. The summed E-state index contributed by atoms with van der Waals surface area (Å²) in [6.07, 6.45) is 4.86. The van der Waals surface area contributed by atoms with Crippen LogP contribution in [0.2, 0.25) is 5.02 Å². The summed E-state index contributed by atoms with van der Waals surface area (Å²) in [4.78, 5) is 13.9. The van der Waals surface area contributed by atoms with Crippen molar-refractivity contribution in [2.45, 2.75) is 24.9 Å². The Bertz CT molecular complexity index is 448. The Kier molecular flexibility index (Phi) is 3.17. The van der Waals surface area contributed by atoms with E-state index in [0.717, 1.165) is 12.6 Å². The molecule has 1 aromatic rings. The molecule has 0 radical (unpaired) electrons. The number of nitrogens with one attached hydrogen (secondary N) is 1. The lowest BCUT2D eigenvalue weighted by molar-refractivity contribution is -0.384. The van der Waals surface area contributed by atoms with E-state index in [1.165, 1.54) is 6.20 Å². The standard InChI is InChI=1S/C10H12ClN3O3/c11-7-4-12-5-8(14(16)17)9(7)13-6-10(15)2-1-3-10/h4-5,15H,1-3,6H2,(H,12,13). The number of nitro groups is 1. The number of aliphatic hydroxyl groups is 1. The molecule has 92 valence electrons. The first-order valence-electron chi connectivity index (χ1n) is 5.26. The second kappa shape index (κ2) is 4.46. The van der Waals surface area contributed by atoms with Crippen molar-refractivity contribution in [2.24, 2.45) is 0 Å². The number of aromatic nitrogens is 1. The zero-order valence-electron chi connectivity index (χ0n) is 9.02. The summed E-state index contributed by atoms with van der Waals surface area (Å²) >= 11 is 5.85. The molecule has 17 heavy (non-hydrogen) atoms. The van der Waals surface area contributed by atoms with Crippen LogP contribution in [0.3, 0.4) is 0 Å². The smallest absolute Gasteiger partial charge is 0.311 e. The molecule has 1 heterocycles. The van der Waals surface area contributed by atoms with Crippen molar-refractivity contribution in [1.82, 2.24) is 4.98 Å². The third kappa shape index (κ3) is 2.48. The summed E-state index contributed by atoms with van der Waals surface area (Å²) in [5, 5.41) is 23.7. The van der Waals surface area contributed by atoms with E-state index in [0.29, 0.717) is 12.8 Å². The number of anilines is 1. The Morgan fingerprint density at radius 3 is 2.82 bits per heavy atom. The molecule has 1 aliphatic carbocycles. The van der Waals surface area contributed by atoms with Crippen molar-refractivity contribution in [3.8, 4) is 0 Å². The molecule has 0 saturated heterocycles. The van der Waals surface area contributed by atoms with E-state index < -0.39 is 10.5 Å². The van der Waals surface area contributed by atoms with Gasteiger partial charge in [-0.05, 0) is 19.3 Å². The Morgan fingerprint density at radius 1 is 1.59 bits per heavy atom. The van der Waals surface area contributed by atoms with E-state index in [1.807, 2.05) is 0 Å². The first-order valence-corrected chi connectivity index (χ1v) is 5.64. The van der Waals surface area contributed by atoms with Crippen LogP contribution in [0.5, 0.6) is 0 Å². The monoisotopic (exact) mass is 257 g/mol. The Balaban J connectivity index is 2.16. The molecular formula is C10H12ClN3O3. The highest BCUT2D eigenvalue weighted by molar-refractivity contribution is 6.33. The first-order chi connectivity index (χ1) is 8.02. The van der Waals surface area contributed by atoms with Crippen molar-refractivity contribution in [3.05, 3.63) is 27.5 Å². The normalized spacial score (nSPS) is 17.3. The van der Waals surface area contributed by atoms with E-state index in [1.54, 1.807) is 0 Å². The van der Waals surface area contributed by atoms with Crippen molar-refractivity contribution in [2.75, 3.05) is 11.9 Å². The van der Waals surface area contributed by atoms with E-state index in [4.69, 9.17) is 11.6 Å². The summed E-state index contributed by atoms with van der Waals surface area (Å²) in [5.41, 5.74) is -0.729. The molecule has 0 aliphatic heterocycles. The van der Waals surface area contributed by atoms with Crippen LogP contribution in [0, 0.1) is 10.1 Å². The fourth-order valence-corrected chi connectivity index (χ4v) is 1.97. The van der Waals surface area contributed by atoms with Crippen molar-refractivity contribution in [3.63, 3.8) is 0 Å². The lowest BCUT2D eigenvalue weighted by atomic mass is 9.80. The van der Waals surface area contributed by atoms with Crippen LogP contribution in [0.1, 0.15) is 19.3 Å². The van der Waals surface area contributed by atoms with Gasteiger partial charge in [0.1, 0.15) is 11.9 Å². The van der Waals surface area contributed by atoms with Gasteiger partial charge in [0.25, 0.3) is 0 Å². The van der Waals surface area contributed by atoms with Crippen molar-refractivity contribution >= 4 is 23.0 Å². The van der Waals surface area contributed by atoms with Gasteiger partial charge in [0.15, 0.2) is 0 Å². The molecule has 0 unspecified atom stereocenters. The average molecular weight is 258 g/mol. The molecule has 1 aromatic heterocycles. The molecule has 0 bridgehead atoms. The highest BCUT2D eigenvalue weighted by atomic mass is 35.5. The van der Waals surface area contributed by atoms with Gasteiger partial charge in [0.05, 0.1) is 15.5 Å². The number of halogens is 1. The molecule has 0 aromatic carbocycles. The number of pyridine rings is 1. The Hall–Kier alpha value is -1.40. The van der Waals surface area contributed by atoms with E-state index in [2.05, 4.69) is 10.3 Å². The van der Waals surface area contributed by atoms with Crippen LogP contribution in [-0.4, -0.2) is 27.2 Å². The van der Waals surface area contributed by atoms with Gasteiger partial charge in [-0.15, -0.1) is 0 Å². The predicted octanol–water partition coefficient (Wildman–Crippen LogP) is 1.97.